The Morgan fingerprint density at radius 1 is 0.773 bits per heavy atom. The summed E-state index contributed by atoms with van der Waals surface area (Å²) in [6.45, 7) is 0. The van der Waals surface area contributed by atoms with E-state index in [-0.39, 0.29) is 0 Å². The smallest absolute Gasteiger partial charge is 0.245 e. The second kappa shape index (κ2) is 8.17. The molecule has 0 fully saturated rings. The van der Waals surface area contributed by atoms with Gasteiger partial charge in [0.15, 0.2) is 0 Å². The maximum absolute atomic E-state index is 11.4. The van der Waals surface area contributed by atoms with E-state index in [9.17, 15) is 4.79 Å². The number of benzene rings is 2. The van der Waals surface area contributed by atoms with Gasteiger partial charge in [-0.2, -0.15) is 10.2 Å². The van der Waals surface area contributed by atoms with Gasteiger partial charge >= 0.3 is 6.03 Å². The van der Waals surface area contributed by atoms with Crippen LogP contribution in [0.25, 0.3) is 0 Å². The minimum absolute atomic E-state index is 0.546. The molecule has 0 radical (unpaired) electrons. The molecule has 0 saturated carbocycles. The zero-order chi connectivity index (χ0) is 15.8. The number of urea groups is 1. The number of nitrogens with zero attached hydrogens (tertiary/aromatic N) is 2. The normalized spacial score (nSPS) is 11.0. The molecule has 2 rings (SSSR count). The van der Waals surface area contributed by atoms with Gasteiger partial charge in [0.25, 0.3) is 0 Å². The number of amides is 2. The van der Waals surface area contributed by atoms with Crippen LogP contribution in [0.4, 0.5) is 4.79 Å². The highest BCUT2D eigenvalue weighted by molar-refractivity contribution is 6.30. The van der Waals surface area contributed by atoms with E-state index < -0.39 is 6.03 Å². The van der Waals surface area contributed by atoms with E-state index in [2.05, 4.69) is 21.1 Å². The van der Waals surface area contributed by atoms with Gasteiger partial charge in [-0.05, 0) is 35.4 Å². The molecule has 2 aromatic rings. The van der Waals surface area contributed by atoms with Crippen molar-refractivity contribution in [2.75, 3.05) is 0 Å². The molecule has 0 aliphatic carbocycles. The van der Waals surface area contributed by atoms with Gasteiger partial charge in [-0.1, -0.05) is 47.5 Å². The summed E-state index contributed by atoms with van der Waals surface area (Å²) in [7, 11) is 0. The largest absolute Gasteiger partial charge is 0.355 e. The second-order valence-corrected chi connectivity index (χ2v) is 5.05. The summed E-state index contributed by atoms with van der Waals surface area (Å²) in [5, 5.41) is 8.85. The fourth-order valence-corrected chi connectivity index (χ4v) is 1.71. The Morgan fingerprint density at radius 3 is 1.50 bits per heavy atom. The van der Waals surface area contributed by atoms with Gasteiger partial charge in [-0.3, -0.25) is 0 Å². The Hall–Kier alpha value is -2.37. The van der Waals surface area contributed by atoms with Crippen molar-refractivity contribution in [1.29, 1.82) is 0 Å². The van der Waals surface area contributed by atoms with Crippen LogP contribution in [-0.2, 0) is 0 Å². The minimum atomic E-state index is -0.546. The predicted octanol–water partition coefficient (Wildman–Crippen LogP) is 3.66. The molecule has 7 heteroatoms. The number of rotatable bonds is 4. The third-order valence-corrected chi connectivity index (χ3v) is 3.00. The molecule has 5 nitrogen and oxygen atoms in total. The third-order valence-electron chi connectivity index (χ3n) is 2.50. The summed E-state index contributed by atoms with van der Waals surface area (Å²) < 4.78 is 0. The van der Waals surface area contributed by atoms with Crippen LogP contribution in [0.1, 0.15) is 11.1 Å². The topological polar surface area (TPSA) is 65.8 Å². The van der Waals surface area contributed by atoms with Crippen molar-refractivity contribution in [2.24, 2.45) is 10.2 Å². The van der Waals surface area contributed by atoms with Crippen molar-refractivity contribution in [3.63, 3.8) is 0 Å². The number of carbonyl (C=O) groups excluding carboxylic acids is 1. The van der Waals surface area contributed by atoms with E-state index >= 15 is 0 Å². The van der Waals surface area contributed by atoms with Gasteiger partial charge in [0.2, 0.25) is 0 Å². The maximum atomic E-state index is 11.4. The fourth-order valence-electron chi connectivity index (χ4n) is 1.45. The SMILES string of the molecule is O=C(N/N=C\c1ccc(Cl)cc1)N/N=C/c1ccc(Cl)cc1. The Balaban J connectivity index is 1.78. The number of hydrogen-bond donors (Lipinski definition) is 2. The quantitative estimate of drug-likeness (QED) is 0.650. The number of hydrogen-bond acceptors (Lipinski definition) is 3. The molecule has 0 heterocycles. The van der Waals surface area contributed by atoms with Crippen molar-refractivity contribution in [3.8, 4) is 0 Å². The molecule has 0 aliphatic heterocycles. The van der Waals surface area contributed by atoms with E-state index in [0.29, 0.717) is 10.0 Å². The van der Waals surface area contributed by atoms with Crippen LogP contribution in [0, 0.1) is 0 Å². The lowest BCUT2D eigenvalue weighted by Gasteiger charge is -1.98. The summed E-state index contributed by atoms with van der Waals surface area (Å²) in [6.07, 6.45) is 3.00. The molecular weight excluding hydrogens is 323 g/mol. The molecule has 2 N–H and O–H groups in total. The van der Waals surface area contributed by atoms with Gasteiger partial charge < -0.3 is 0 Å². The third kappa shape index (κ3) is 5.55. The molecule has 112 valence electrons. The lowest BCUT2D eigenvalue weighted by atomic mass is 10.2. The monoisotopic (exact) mass is 334 g/mol. The maximum Gasteiger partial charge on any atom is 0.355 e. The van der Waals surface area contributed by atoms with Crippen molar-refractivity contribution in [1.82, 2.24) is 10.9 Å². The fraction of sp³-hybridized carbons (Fsp3) is 0. The lowest BCUT2D eigenvalue weighted by molar-refractivity contribution is 0.242. The van der Waals surface area contributed by atoms with Crippen LogP contribution in [0.15, 0.2) is 58.7 Å². The van der Waals surface area contributed by atoms with E-state index in [1.807, 2.05) is 0 Å². The molecule has 2 amide bonds. The van der Waals surface area contributed by atoms with Gasteiger partial charge in [0.05, 0.1) is 12.4 Å². The lowest BCUT2D eigenvalue weighted by Crippen LogP contribution is -2.28. The molecule has 0 spiro atoms. The molecule has 0 atom stereocenters. The second-order valence-electron chi connectivity index (χ2n) is 4.17. The average Bonchev–Trinajstić information content (AvgIpc) is 2.51. The van der Waals surface area contributed by atoms with Crippen molar-refractivity contribution in [3.05, 3.63) is 69.7 Å². The van der Waals surface area contributed by atoms with E-state index in [1.165, 1.54) is 12.4 Å². The highest BCUT2D eigenvalue weighted by Gasteiger charge is 1.94. The highest BCUT2D eigenvalue weighted by Crippen LogP contribution is 2.08. The Morgan fingerprint density at radius 2 is 1.14 bits per heavy atom. The molecule has 22 heavy (non-hydrogen) atoms. The number of carbonyl (C=O) groups is 1. The van der Waals surface area contributed by atoms with Crippen LogP contribution < -0.4 is 10.9 Å². The molecule has 2 aromatic carbocycles. The average molecular weight is 335 g/mol. The Kier molecular flexibility index (Phi) is 5.94. The molecule has 0 saturated heterocycles. The van der Waals surface area contributed by atoms with Crippen LogP contribution >= 0.6 is 23.2 Å². The number of hydrazone groups is 2. The molecule has 0 bridgehead atoms. The summed E-state index contributed by atoms with van der Waals surface area (Å²) in [4.78, 5) is 11.4. The molecule has 0 unspecified atom stereocenters. The summed E-state index contributed by atoms with van der Waals surface area (Å²) in [5.41, 5.74) is 6.21. The Labute approximate surface area is 137 Å². The summed E-state index contributed by atoms with van der Waals surface area (Å²) >= 11 is 11.5. The first-order valence-electron chi connectivity index (χ1n) is 6.27. The first-order valence-corrected chi connectivity index (χ1v) is 7.02. The van der Waals surface area contributed by atoms with E-state index in [4.69, 9.17) is 23.2 Å². The van der Waals surface area contributed by atoms with Crippen molar-refractivity contribution in [2.45, 2.75) is 0 Å². The van der Waals surface area contributed by atoms with E-state index in [1.54, 1.807) is 48.5 Å². The Bertz CT molecular complexity index is 622. The standard InChI is InChI=1S/C15H12Cl2N4O/c16-13-5-1-11(2-6-13)9-18-20-15(22)21-19-10-12-3-7-14(17)8-4-12/h1-10H,(H2,20,21,22)/b18-9-,19-10+. The van der Waals surface area contributed by atoms with Gasteiger partial charge in [-0.25, -0.2) is 15.6 Å². The van der Waals surface area contributed by atoms with Crippen molar-refractivity contribution < 1.29 is 4.79 Å². The zero-order valence-electron chi connectivity index (χ0n) is 11.3. The van der Waals surface area contributed by atoms with Crippen molar-refractivity contribution >= 4 is 41.7 Å². The van der Waals surface area contributed by atoms with Gasteiger partial charge in [0, 0.05) is 10.0 Å². The minimum Gasteiger partial charge on any atom is -0.245 e. The van der Waals surface area contributed by atoms with Crippen LogP contribution in [0.3, 0.4) is 0 Å². The molecule has 0 aromatic heterocycles. The van der Waals surface area contributed by atoms with E-state index in [0.717, 1.165) is 11.1 Å². The van der Waals surface area contributed by atoms with Crippen LogP contribution in [0.5, 0.6) is 0 Å². The molecule has 0 aliphatic rings. The number of nitrogens with one attached hydrogen (secondary N) is 2. The first-order chi connectivity index (χ1) is 10.6. The van der Waals surface area contributed by atoms with Gasteiger partial charge in [0.1, 0.15) is 0 Å². The predicted molar refractivity (Wildman–Crippen MR) is 89.8 cm³/mol. The number of halogens is 2. The molecular formula is C15H12Cl2N4O. The summed E-state index contributed by atoms with van der Waals surface area (Å²) in [6, 6.07) is 13.5. The van der Waals surface area contributed by atoms with Gasteiger partial charge in [-0.15, -0.1) is 0 Å². The zero-order valence-corrected chi connectivity index (χ0v) is 12.8. The first kappa shape index (κ1) is 16.0. The highest BCUT2D eigenvalue weighted by atomic mass is 35.5. The van der Waals surface area contributed by atoms with Crippen LogP contribution in [-0.4, -0.2) is 18.5 Å². The van der Waals surface area contributed by atoms with Crippen LogP contribution in [0.2, 0.25) is 10.0 Å². The summed E-state index contributed by atoms with van der Waals surface area (Å²) in [5.74, 6) is 0.